The molecule has 104 valence electrons. The number of carbonyl (C=O) groups excluding carboxylic acids is 1. The Balaban J connectivity index is 2.52. The lowest BCUT2D eigenvalue weighted by molar-refractivity contribution is 0.0596. The van der Waals surface area contributed by atoms with Crippen molar-refractivity contribution in [1.29, 1.82) is 0 Å². The molecule has 0 unspecified atom stereocenters. The molecule has 1 aromatic heterocycles. The summed E-state index contributed by atoms with van der Waals surface area (Å²) in [7, 11) is 2.72. The first-order chi connectivity index (χ1) is 9.56. The third kappa shape index (κ3) is 2.61. The van der Waals surface area contributed by atoms with Gasteiger partial charge in [-0.3, -0.25) is 0 Å². The molecule has 2 aromatic rings. The summed E-state index contributed by atoms with van der Waals surface area (Å²) < 4.78 is 23.0. The highest BCUT2D eigenvalue weighted by molar-refractivity contribution is 5.93. The van der Waals surface area contributed by atoms with Crippen molar-refractivity contribution in [3.63, 3.8) is 0 Å². The summed E-state index contributed by atoms with van der Waals surface area (Å²) in [6, 6.07) is 6.32. The zero-order valence-corrected chi connectivity index (χ0v) is 11.4. The van der Waals surface area contributed by atoms with Crippen LogP contribution in [0.2, 0.25) is 0 Å². The number of ether oxygens (including phenoxy) is 2. The second kappa shape index (κ2) is 5.69. The highest BCUT2D eigenvalue weighted by Gasteiger charge is 2.15. The van der Waals surface area contributed by atoms with E-state index in [1.54, 1.807) is 31.3 Å². The van der Waals surface area contributed by atoms with E-state index in [0.717, 1.165) is 5.56 Å². The van der Waals surface area contributed by atoms with Crippen LogP contribution in [0.1, 0.15) is 15.9 Å². The quantitative estimate of drug-likeness (QED) is 0.808. The molecule has 0 radical (unpaired) electrons. The molecule has 1 aromatic carbocycles. The summed E-state index contributed by atoms with van der Waals surface area (Å²) in [4.78, 5) is 15.8. The van der Waals surface area contributed by atoms with E-state index in [9.17, 15) is 9.18 Å². The van der Waals surface area contributed by atoms with Gasteiger partial charge in [0.15, 0.2) is 0 Å². The molecule has 0 N–H and O–H groups in total. The van der Waals surface area contributed by atoms with Crippen LogP contribution >= 0.6 is 0 Å². The van der Waals surface area contributed by atoms with Gasteiger partial charge in [0.1, 0.15) is 11.4 Å². The second-order valence-electron chi connectivity index (χ2n) is 4.24. The van der Waals surface area contributed by atoms with E-state index in [4.69, 9.17) is 9.47 Å². The van der Waals surface area contributed by atoms with Crippen LogP contribution in [0.25, 0.3) is 11.1 Å². The first-order valence-corrected chi connectivity index (χ1v) is 5.95. The fraction of sp³-hybridized carbons (Fsp3) is 0.200. The maximum absolute atomic E-state index is 13.3. The molecule has 0 saturated carbocycles. The summed E-state index contributed by atoms with van der Waals surface area (Å²) in [6.45, 7) is 1.68. The van der Waals surface area contributed by atoms with Crippen molar-refractivity contribution in [2.45, 2.75) is 6.92 Å². The number of carbonyl (C=O) groups is 1. The zero-order chi connectivity index (χ0) is 14.7. The number of esters is 1. The third-order valence-electron chi connectivity index (χ3n) is 2.94. The van der Waals surface area contributed by atoms with E-state index in [1.807, 2.05) is 0 Å². The van der Waals surface area contributed by atoms with Crippen molar-refractivity contribution in [2.24, 2.45) is 0 Å². The molecule has 0 fully saturated rings. The molecule has 0 aliphatic carbocycles. The Bertz CT molecular complexity index is 656. The standard InChI is InChI=1S/C15H14FNO3/c1-9-6-10(4-5-13(9)16)11-7-12(15(18)20-3)14(19-2)17-8-11/h4-8H,1-3H3. The fourth-order valence-corrected chi connectivity index (χ4v) is 1.85. The number of methoxy groups -OCH3 is 2. The molecule has 1 heterocycles. The molecule has 0 atom stereocenters. The minimum atomic E-state index is -0.532. The van der Waals surface area contributed by atoms with Crippen LogP contribution in [-0.2, 0) is 4.74 Å². The maximum atomic E-state index is 13.3. The average molecular weight is 275 g/mol. The van der Waals surface area contributed by atoms with Crippen LogP contribution in [0.3, 0.4) is 0 Å². The summed E-state index contributed by atoms with van der Waals surface area (Å²) in [5, 5.41) is 0. The Kier molecular flexibility index (Phi) is 3.98. The highest BCUT2D eigenvalue weighted by Crippen LogP contribution is 2.26. The highest BCUT2D eigenvalue weighted by atomic mass is 19.1. The number of rotatable bonds is 3. The van der Waals surface area contributed by atoms with Crippen LogP contribution in [0, 0.1) is 12.7 Å². The van der Waals surface area contributed by atoms with E-state index < -0.39 is 5.97 Å². The van der Waals surface area contributed by atoms with E-state index in [2.05, 4.69) is 4.98 Å². The molecule has 0 aliphatic heterocycles. The monoisotopic (exact) mass is 275 g/mol. The van der Waals surface area contributed by atoms with Crippen LogP contribution in [-0.4, -0.2) is 25.2 Å². The van der Waals surface area contributed by atoms with Gasteiger partial charge in [0.05, 0.1) is 14.2 Å². The predicted molar refractivity (Wildman–Crippen MR) is 72.3 cm³/mol. The largest absolute Gasteiger partial charge is 0.480 e. The Hall–Kier alpha value is -2.43. The minimum Gasteiger partial charge on any atom is -0.480 e. The number of aromatic nitrogens is 1. The summed E-state index contributed by atoms with van der Waals surface area (Å²) in [6.07, 6.45) is 1.57. The SMILES string of the molecule is COC(=O)c1cc(-c2ccc(F)c(C)c2)cnc1OC. The Morgan fingerprint density at radius 3 is 2.55 bits per heavy atom. The van der Waals surface area contributed by atoms with Gasteiger partial charge in [0.25, 0.3) is 0 Å². The predicted octanol–water partition coefficient (Wildman–Crippen LogP) is 2.99. The maximum Gasteiger partial charge on any atom is 0.343 e. The van der Waals surface area contributed by atoms with Crippen molar-refractivity contribution in [1.82, 2.24) is 4.98 Å². The Morgan fingerprint density at radius 1 is 1.20 bits per heavy atom. The van der Waals surface area contributed by atoms with Crippen LogP contribution in [0.15, 0.2) is 30.5 Å². The number of aryl methyl sites for hydroxylation is 1. The van der Waals surface area contributed by atoms with Gasteiger partial charge in [-0.1, -0.05) is 6.07 Å². The Labute approximate surface area is 116 Å². The second-order valence-corrected chi connectivity index (χ2v) is 4.24. The van der Waals surface area contributed by atoms with Gasteiger partial charge < -0.3 is 9.47 Å². The number of nitrogens with zero attached hydrogens (tertiary/aromatic N) is 1. The van der Waals surface area contributed by atoms with Crippen LogP contribution in [0.5, 0.6) is 5.88 Å². The van der Waals surface area contributed by atoms with Gasteiger partial charge in [0, 0.05) is 11.8 Å². The van der Waals surface area contributed by atoms with Crippen LogP contribution < -0.4 is 4.74 Å². The summed E-state index contributed by atoms with van der Waals surface area (Å²) >= 11 is 0. The zero-order valence-electron chi connectivity index (χ0n) is 11.4. The van der Waals surface area contributed by atoms with E-state index >= 15 is 0 Å². The summed E-state index contributed by atoms with van der Waals surface area (Å²) in [5.74, 6) is -0.613. The van der Waals surface area contributed by atoms with Gasteiger partial charge in [-0.25, -0.2) is 14.2 Å². The number of hydrogen-bond acceptors (Lipinski definition) is 4. The molecular weight excluding hydrogens is 261 g/mol. The molecule has 0 bridgehead atoms. The molecule has 5 heteroatoms. The smallest absolute Gasteiger partial charge is 0.343 e. The number of benzene rings is 1. The lowest BCUT2D eigenvalue weighted by Crippen LogP contribution is -2.05. The molecule has 0 amide bonds. The van der Waals surface area contributed by atoms with Crippen molar-refractivity contribution >= 4 is 5.97 Å². The molecule has 0 aliphatic rings. The minimum absolute atomic E-state index is 0.194. The van der Waals surface area contributed by atoms with Gasteiger partial charge in [-0.05, 0) is 36.2 Å². The summed E-state index contributed by atoms with van der Waals surface area (Å²) in [5.41, 5.74) is 2.21. The lowest BCUT2D eigenvalue weighted by atomic mass is 10.0. The average Bonchev–Trinajstić information content (AvgIpc) is 2.48. The van der Waals surface area contributed by atoms with E-state index in [0.29, 0.717) is 11.1 Å². The molecule has 0 spiro atoms. The van der Waals surface area contributed by atoms with Crippen LogP contribution in [0.4, 0.5) is 4.39 Å². The Morgan fingerprint density at radius 2 is 1.95 bits per heavy atom. The van der Waals surface area contributed by atoms with Crippen molar-refractivity contribution in [3.8, 4) is 17.0 Å². The molecule has 4 nitrogen and oxygen atoms in total. The molecule has 20 heavy (non-hydrogen) atoms. The number of hydrogen-bond donors (Lipinski definition) is 0. The van der Waals surface area contributed by atoms with Crippen molar-refractivity contribution in [3.05, 3.63) is 47.4 Å². The fourth-order valence-electron chi connectivity index (χ4n) is 1.85. The molecular formula is C15H14FNO3. The van der Waals surface area contributed by atoms with Crippen molar-refractivity contribution in [2.75, 3.05) is 14.2 Å². The van der Waals surface area contributed by atoms with E-state index in [1.165, 1.54) is 20.3 Å². The molecule has 0 saturated heterocycles. The lowest BCUT2D eigenvalue weighted by Gasteiger charge is -2.09. The van der Waals surface area contributed by atoms with Gasteiger partial charge in [-0.15, -0.1) is 0 Å². The van der Waals surface area contributed by atoms with E-state index in [-0.39, 0.29) is 17.3 Å². The number of halogens is 1. The van der Waals surface area contributed by atoms with Crippen molar-refractivity contribution < 1.29 is 18.7 Å². The first kappa shape index (κ1) is 14.0. The normalized spacial score (nSPS) is 10.2. The topological polar surface area (TPSA) is 48.4 Å². The van der Waals surface area contributed by atoms with Gasteiger partial charge >= 0.3 is 5.97 Å². The third-order valence-corrected chi connectivity index (χ3v) is 2.94. The van der Waals surface area contributed by atoms with Gasteiger partial charge in [-0.2, -0.15) is 0 Å². The number of pyridine rings is 1. The van der Waals surface area contributed by atoms with Gasteiger partial charge in [0.2, 0.25) is 5.88 Å². The molecule has 2 rings (SSSR count). The first-order valence-electron chi connectivity index (χ1n) is 5.95.